The minimum atomic E-state index is -1.16. The summed E-state index contributed by atoms with van der Waals surface area (Å²) in [5, 5.41) is 0. The molecule has 0 bridgehead atoms. The molecule has 0 saturated heterocycles. The first kappa shape index (κ1) is 13.2. The third kappa shape index (κ3) is 3.59. The van der Waals surface area contributed by atoms with E-state index >= 15 is 0 Å². The van der Waals surface area contributed by atoms with E-state index in [4.69, 9.17) is 14.2 Å². The maximum atomic E-state index is 11.9. The molecule has 0 aromatic heterocycles. The normalized spacial score (nSPS) is 12.8. The van der Waals surface area contributed by atoms with Gasteiger partial charge in [-0.25, -0.2) is 0 Å². The number of methoxy groups -OCH3 is 3. The monoisotopic (exact) mass is 244 g/mol. The van der Waals surface area contributed by atoms with Crippen LogP contribution in [0.4, 0.5) is 0 Å². The topological polar surface area (TPSA) is 44.8 Å². The molecule has 1 atom stereocenters. The highest BCUT2D eigenvalue weighted by Crippen LogP contribution is 2.16. The molecule has 0 saturated carbocycles. The summed E-state index contributed by atoms with van der Waals surface area (Å²) in [5.41, 5.74) is 0. The predicted molar refractivity (Wildman–Crippen MR) is 62.1 cm³/mol. The highest BCUT2D eigenvalue weighted by atomic mass is 32.2. The summed E-state index contributed by atoms with van der Waals surface area (Å²) in [6.07, 6.45) is -0.452. The van der Waals surface area contributed by atoms with Gasteiger partial charge in [0.1, 0.15) is 5.75 Å². The molecule has 0 radical (unpaired) electrons. The van der Waals surface area contributed by atoms with E-state index in [9.17, 15) is 4.21 Å². The smallest absolute Gasteiger partial charge is 0.168 e. The Hall–Kier alpha value is -0.910. The summed E-state index contributed by atoms with van der Waals surface area (Å²) in [4.78, 5) is 0.707. The van der Waals surface area contributed by atoms with Gasteiger partial charge in [-0.2, -0.15) is 0 Å². The molecule has 0 aliphatic heterocycles. The second-order valence-electron chi connectivity index (χ2n) is 3.09. The Morgan fingerprint density at radius 1 is 1.25 bits per heavy atom. The highest BCUT2D eigenvalue weighted by Gasteiger charge is 2.12. The average molecular weight is 244 g/mol. The van der Waals surface area contributed by atoms with Crippen LogP contribution < -0.4 is 4.74 Å². The third-order valence-electron chi connectivity index (χ3n) is 2.12. The minimum Gasteiger partial charge on any atom is -0.497 e. The third-order valence-corrected chi connectivity index (χ3v) is 3.47. The molecule has 5 heteroatoms. The Morgan fingerprint density at radius 2 is 1.94 bits per heavy atom. The highest BCUT2D eigenvalue weighted by molar-refractivity contribution is 7.85. The van der Waals surface area contributed by atoms with Gasteiger partial charge in [-0.1, -0.05) is 6.07 Å². The van der Waals surface area contributed by atoms with Gasteiger partial charge in [0.25, 0.3) is 0 Å². The van der Waals surface area contributed by atoms with Crippen molar-refractivity contribution in [1.29, 1.82) is 0 Å². The number of hydrogen-bond donors (Lipinski definition) is 0. The molecule has 0 amide bonds. The fourth-order valence-electron chi connectivity index (χ4n) is 1.19. The van der Waals surface area contributed by atoms with Crippen molar-refractivity contribution in [2.75, 3.05) is 27.1 Å². The van der Waals surface area contributed by atoms with Crippen molar-refractivity contribution in [3.63, 3.8) is 0 Å². The number of benzene rings is 1. The Balaban J connectivity index is 2.72. The summed E-state index contributed by atoms with van der Waals surface area (Å²) >= 11 is 0. The van der Waals surface area contributed by atoms with Crippen LogP contribution in [0.25, 0.3) is 0 Å². The molecule has 1 rings (SSSR count). The number of rotatable bonds is 6. The first-order valence-corrected chi connectivity index (χ1v) is 6.11. The van der Waals surface area contributed by atoms with E-state index in [0.29, 0.717) is 16.4 Å². The predicted octanol–water partition coefficient (Wildman–Crippen LogP) is 1.42. The van der Waals surface area contributed by atoms with Crippen molar-refractivity contribution in [1.82, 2.24) is 0 Å². The fraction of sp³-hybridized carbons (Fsp3) is 0.455. The lowest BCUT2D eigenvalue weighted by atomic mass is 10.3. The first-order chi connectivity index (χ1) is 7.71. The second kappa shape index (κ2) is 6.62. The molecular formula is C11H16O4S. The van der Waals surface area contributed by atoms with E-state index in [-0.39, 0.29) is 0 Å². The van der Waals surface area contributed by atoms with E-state index in [0.717, 1.165) is 0 Å². The Morgan fingerprint density at radius 3 is 2.50 bits per heavy atom. The molecule has 4 nitrogen and oxygen atoms in total. The SMILES string of the molecule is COc1cccc(S(=O)CC(OC)OC)c1. The van der Waals surface area contributed by atoms with Gasteiger partial charge in [0.2, 0.25) is 0 Å². The quantitative estimate of drug-likeness (QED) is 0.710. The van der Waals surface area contributed by atoms with Crippen LogP contribution in [0.2, 0.25) is 0 Å². The summed E-state index contributed by atoms with van der Waals surface area (Å²) in [5.74, 6) is 0.998. The molecule has 0 aliphatic carbocycles. The summed E-state index contributed by atoms with van der Waals surface area (Å²) in [6.45, 7) is 0. The zero-order chi connectivity index (χ0) is 12.0. The van der Waals surface area contributed by atoms with Crippen LogP contribution >= 0.6 is 0 Å². The fourth-order valence-corrected chi connectivity index (χ4v) is 2.38. The summed E-state index contributed by atoms with van der Waals surface area (Å²) < 4.78 is 27.0. The lowest BCUT2D eigenvalue weighted by Crippen LogP contribution is -2.21. The van der Waals surface area contributed by atoms with E-state index in [2.05, 4.69) is 0 Å². The van der Waals surface area contributed by atoms with Crippen LogP contribution in [-0.2, 0) is 20.3 Å². The van der Waals surface area contributed by atoms with Crippen molar-refractivity contribution in [3.05, 3.63) is 24.3 Å². The zero-order valence-corrected chi connectivity index (χ0v) is 10.5. The minimum absolute atomic E-state index is 0.306. The number of ether oxygens (including phenoxy) is 3. The van der Waals surface area contributed by atoms with Crippen LogP contribution in [0, 0.1) is 0 Å². The number of hydrogen-bond acceptors (Lipinski definition) is 4. The molecule has 1 aromatic rings. The molecule has 90 valence electrons. The Kier molecular flexibility index (Phi) is 5.45. The van der Waals surface area contributed by atoms with E-state index in [1.165, 1.54) is 14.2 Å². The molecule has 0 aliphatic rings. The van der Waals surface area contributed by atoms with E-state index in [1.807, 2.05) is 6.07 Å². The Labute approximate surface area is 98.0 Å². The summed E-state index contributed by atoms with van der Waals surface area (Å²) in [6, 6.07) is 7.16. The standard InChI is InChI=1S/C11H16O4S/c1-13-9-5-4-6-10(7-9)16(12)8-11(14-2)15-3/h4-7,11H,8H2,1-3H3. The summed E-state index contributed by atoms with van der Waals surface area (Å²) in [7, 11) is 3.47. The van der Waals surface area contributed by atoms with Crippen molar-refractivity contribution in [2.45, 2.75) is 11.2 Å². The van der Waals surface area contributed by atoms with Gasteiger partial charge >= 0.3 is 0 Å². The van der Waals surface area contributed by atoms with Gasteiger partial charge in [-0.15, -0.1) is 0 Å². The maximum Gasteiger partial charge on any atom is 0.168 e. The van der Waals surface area contributed by atoms with Gasteiger partial charge in [-0.05, 0) is 18.2 Å². The molecule has 0 spiro atoms. The van der Waals surface area contributed by atoms with Gasteiger partial charge in [0.05, 0.1) is 23.7 Å². The molecule has 1 aromatic carbocycles. The molecular weight excluding hydrogens is 228 g/mol. The molecule has 1 unspecified atom stereocenters. The van der Waals surface area contributed by atoms with Crippen LogP contribution in [-0.4, -0.2) is 37.6 Å². The molecule has 0 N–H and O–H groups in total. The largest absolute Gasteiger partial charge is 0.497 e. The van der Waals surface area contributed by atoms with Crippen LogP contribution in [0.5, 0.6) is 5.75 Å². The molecule has 16 heavy (non-hydrogen) atoms. The molecule has 0 heterocycles. The van der Waals surface area contributed by atoms with Crippen molar-refractivity contribution < 1.29 is 18.4 Å². The van der Waals surface area contributed by atoms with Crippen LogP contribution in [0.15, 0.2) is 29.2 Å². The second-order valence-corrected chi connectivity index (χ2v) is 4.59. The lowest BCUT2D eigenvalue weighted by molar-refractivity contribution is -0.0847. The molecule has 0 fully saturated rings. The van der Waals surface area contributed by atoms with Gasteiger partial charge in [-0.3, -0.25) is 4.21 Å². The van der Waals surface area contributed by atoms with Crippen LogP contribution in [0.1, 0.15) is 0 Å². The Bertz CT molecular complexity index is 350. The maximum absolute atomic E-state index is 11.9. The van der Waals surface area contributed by atoms with Gasteiger partial charge < -0.3 is 14.2 Å². The van der Waals surface area contributed by atoms with Crippen LogP contribution in [0.3, 0.4) is 0 Å². The lowest BCUT2D eigenvalue weighted by Gasteiger charge is -2.12. The zero-order valence-electron chi connectivity index (χ0n) is 9.64. The van der Waals surface area contributed by atoms with Crippen molar-refractivity contribution in [2.24, 2.45) is 0 Å². The van der Waals surface area contributed by atoms with Crippen molar-refractivity contribution in [3.8, 4) is 5.75 Å². The van der Waals surface area contributed by atoms with E-state index < -0.39 is 17.1 Å². The average Bonchev–Trinajstić information content (AvgIpc) is 2.35. The van der Waals surface area contributed by atoms with Crippen molar-refractivity contribution >= 4 is 10.8 Å². The van der Waals surface area contributed by atoms with Gasteiger partial charge in [0.15, 0.2) is 6.29 Å². The first-order valence-electron chi connectivity index (χ1n) is 4.79. The van der Waals surface area contributed by atoms with Gasteiger partial charge in [0, 0.05) is 19.1 Å². The van der Waals surface area contributed by atoms with E-state index in [1.54, 1.807) is 25.3 Å².